The van der Waals surface area contributed by atoms with E-state index in [4.69, 9.17) is 25.7 Å². The highest BCUT2D eigenvalue weighted by molar-refractivity contribution is 6.22. The molecular formula is C28H27F3N2O5. The maximum Gasteiger partial charge on any atom is 0.389 e. The van der Waals surface area contributed by atoms with Crippen LogP contribution in [-0.2, 0) is 9.53 Å². The molecule has 0 amide bonds. The van der Waals surface area contributed by atoms with E-state index in [2.05, 4.69) is 0 Å². The molecular weight excluding hydrogens is 501 g/mol. The molecule has 3 aromatic rings. The predicted octanol–water partition coefficient (Wildman–Crippen LogP) is 5.90. The van der Waals surface area contributed by atoms with Crippen molar-refractivity contribution in [2.24, 2.45) is 0 Å². The maximum atomic E-state index is 12.6. The van der Waals surface area contributed by atoms with Gasteiger partial charge in [0.25, 0.3) is 0 Å². The average Bonchev–Trinajstić information content (AvgIpc) is 2.85. The standard InChI is InChI=1S/C28H27F3N2O5/c1-2-36-27(35)25(20-15-21(32)17-22(33)16-20)14-18-4-8-24(9-5-18)38-26(34)19-6-10-23(11-7-19)37-13-3-12-28(29,30)31/h4-11,14-17H,2-3,12-13,32-33H2,1H3. The molecule has 10 heteroatoms. The van der Waals surface area contributed by atoms with Crippen LogP contribution in [0.2, 0.25) is 0 Å². The average molecular weight is 529 g/mol. The Labute approximate surface area is 217 Å². The van der Waals surface area contributed by atoms with Gasteiger partial charge in [-0.1, -0.05) is 12.1 Å². The highest BCUT2D eigenvalue weighted by Gasteiger charge is 2.26. The molecule has 0 atom stereocenters. The first-order chi connectivity index (χ1) is 18.0. The number of hydrogen-bond donors (Lipinski definition) is 2. The van der Waals surface area contributed by atoms with Gasteiger partial charge in [-0.2, -0.15) is 13.2 Å². The van der Waals surface area contributed by atoms with Gasteiger partial charge >= 0.3 is 18.1 Å². The Morgan fingerprint density at radius 2 is 1.47 bits per heavy atom. The number of carbonyl (C=O) groups excluding carboxylic acids is 2. The van der Waals surface area contributed by atoms with Crippen molar-refractivity contribution >= 4 is 35.0 Å². The summed E-state index contributed by atoms with van der Waals surface area (Å²) in [6.07, 6.45) is -3.69. The molecule has 4 N–H and O–H groups in total. The lowest BCUT2D eigenvalue weighted by atomic mass is 10.0. The highest BCUT2D eigenvalue weighted by Crippen LogP contribution is 2.26. The topological polar surface area (TPSA) is 114 Å². The van der Waals surface area contributed by atoms with Crippen molar-refractivity contribution in [1.82, 2.24) is 0 Å². The summed E-state index contributed by atoms with van der Waals surface area (Å²) in [6, 6.07) is 17.2. The zero-order valence-electron chi connectivity index (χ0n) is 20.6. The van der Waals surface area contributed by atoms with Crippen LogP contribution in [0.15, 0.2) is 66.7 Å². The van der Waals surface area contributed by atoms with Crippen molar-refractivity contribution in [3.8, 4) is 11.5 Å². The van der Waals surface area contributed by atoms with Crippen LogP contribution < -0.4 is 20.9 Å². The van der Waals surface area contributed by atoms with E-state index in [1.54, 1.807) is 55.5 Å². The summed E-state index contributed by atoms with van der Waals surface area (Å²) in [6.45, 7) is 1.80. The van der Waals surface area contributed by atoms with Crippen molar-refractivity contribution in [3.63, 3.8) is 0 Å². The van der Waals surface area contributed by atoms with Crippen molar-refractivity contribution in [2.45, 2.75) is 25.9 Å². The second-order valence-electron chi connectivity index (χ2n) is 8.22. The number of alkyl halides is 3. The SMILES string of the molecule is CCOC(=O)C(=Cc1ccc(OC(=O)c2ccc(OCCCC(F)(F)F)cc2)cc1)c1cc(N)cc(N)c1. The molecule has 0 fully saturated rings. The van der Waals surface area contributed by atoms with E-state index in [-0.39, 0.29) is 36.5 Å². The number of halogens is 3. The minimum Gasteiger partial charge on any atom is -0.494 e. The first-order valence-corrected chi connectivity index (χ1v) is 11.7. The maximum absolute atomic E-state index is 12.6. The van der Waals surface area contributed by atoms with Crippen LogP contribution in [0.5, 0.6) is 11.5 Å². The second-order valence-corrected chi connectivity index (χ2v) is 8.22. The Kier molecular flexibility index (Phi) is 9.37. The number of hydrogen-bond acceptors (Lipinski definition) is 7. The molecule has 0 heterocycles. The van der Waals surface area contributed by atoms with Gasteiger partial charge in [0.15, 0.2) is 0 Å². The van der Waals surface area contributed by atoms with Crippen molar-refractivity contribution in [2.75, 3.05) is 24.7 Å². The molecule has 0 unspecified atom stereocenters. The highest BCUT2D eigenvalue weighted by atomic mass is 19.4. The predicted molar refractivity (Wildman–Crippen MR) is 138 cm³/mol. The molecule has 0 radical (unpaired) electrons. The van der Waals surface area contributed by atoms with Crippen LogP contribution in [0.25, 0.3) is 11.6 Å². The van der Waals surface area contributed by atoms with Crippen molar-refractivity contribution in [3.05, 3.63) is 83.4 Å². The summed E-state index contributed by atoms with van der Waals surface area (Å²) in [4.78, 5) is 25.1. The van der Waals surface area contributed by atoms with Gasteiger partial charge in [-0.3, -0.25) is 0 Å². The van der Waals surface area contributed by atoms with Crippen LogP contribution in [-0.4, -0.2) is 31.3 Å². The first-order valence-electron chi connectivity index (χ1n) is 11.7. The van der Waals surface area contributed by atoms with Crippen LogP contribution in [0.1, 0.15) is 41.3 Å². The summed E-state index contributed by atoms with van der Waals surface area (Å²) in [5, 5.41) is 0. The second kappa shape index (κ2) is 12.7. The van der Waals surface area contributed by atoms with Crippen LogP contribution in [0.4, 0.5) is 24.5 Å². The van der Waals surface area contributed by atoms with Gasteiger partial charge < -0.3 is 25.7 Å². The molecule has 0 saturated carbocycles. The molecule has 0 spiro atoms. The molecule has 0 bridgehead atoms. The third-order valence-corrected chi connectivity index (χ3v) is 5.15. The van der Waals surface area contributed by atoms with Crippen molar-refractivity contribution < 1.29 is 37.0 Å². The summed E-state index contributed by atoms with van der Waals surface area (Å²) in [5.74, 6) is -0.551. The minimum atomic E-state index is -4.22. The third kappa shape index (κ3) is 8.58. The van der Waals surface area contributed by atoms with Gasteiger partial charge in [-0.15, -0.1) is 0 Å². The van der Waals surface area contributed by atoms with E-state index < -0.39 is 24.5 Å². The fourth-order valence-corrected chi connectivity index (χ4v) is 3.42. The molecule has 0 aliphatic heterocycles. The Morgan fingerprint density at radius 1 is 0.868 bits per heavy atom. The largest absolute Gasteiger partial charge is 0.494 e. The summed E-state index contributed by atoms with van der Waals surface area (Å²) >= 11 is 0. The van der Waals surface area contributed by atoms with Crippen LogP contribution in [0, 0.1) is 0 Å². The summed E-state index contributed by atoms with van der Waals surface area (Å²) in [7, 11) is 0. The zero-order chi connectivity index (χ0) is 27.7. The fraction of sp³-hybridized carbons (Fsp3) is 0.214. The van der Waals surface area contributed by atoms with Gasteiger partial charge in [-0.05, 0) is 85.1 Å². The Balaban J connectivity index is 1.66. The zero-order valence-corrected chi connectivity index (χ0v) is 20.6. The number of ether oxygens (including phenoxy) is 3. The number of benzene rings is 3. The molecule has 200 valence electrons. The Hall–Kier alpha value is -4.47. The molecule has 7 nitrogen and oxygen atoms in total. The number of rotatable bonds is 10. The summed E-state index contributed by atoms with van der Waals surface area (Å²) in [5.41, 5.74) is 14.2. The molecule has 0 aliphatic carbocycles. The number of carbonyl (C=O) groups is 2. The lowest BCUT2D eigenvalue weighted by Gasteiger charge is -2.10. The normalized spacial score (nSPS) is 11.6. The number of anilines is 2. The summed E-state index contributed by atoms with van der Waals surface area (Å²) < 4.78 is 52.4. The Bertz CT molecular complexity index is 1270. The minimum absolute atomic E-state index is 0.0903. The van der Waals surface area contributed by atoms with Crippen LogP contribution >= 0.6 is 0 Å². The molecule has 3 rings (SSSR count). The van der Waals surface area contributed by atoms with E-state index in [0.717, 1.165) is 0 Å². The van der Waals surface area contributed by atoms with Gasteiger partial charge in [0, 0.05) is 17.8 Å². The number of esters is 2. The van der Waals surface area contributed by atoms with Gasteiger partial charge in [0.1, 0.15) is 11.5 Å². The smallest absolute Gasteiger partial charge is 0.389 e. The Morgan fingerprint density at radius 3 is 2.05 bits per heavy atom. The monoisotopic (exact) mass is 528 g/mol. The van der Waals surface area contributed by atoms with E-state index in [1.165, 1.54) is 24.3 Å². The van der Waals surface area contributed by atoms with E-state index in [0.29, 0.717) is 28.3 Å². The first kappa shape index (κ1) is 28.1. The van der Waals surface area contributed by atoms with Gasteiger partial charge in [0.2, 0.25) is 0 Å². The van der Waals surface area contributed by atoms with Crippen LogP contribution in [0.3, 0.4) is 0 Å². The van der Waals surface area contributed by atoms with E-state index in [1.807, 2.05) is 0 Å². The van der Waals surface area contributed by atoms with E-state index >= 15 is 0 Å². The molecule has 0 aliphatic rings. The van der Waals surface area contributed by atoms with Gasteiger partial charge in [0.05, 0.1) is 24.4 Å². The third-order valence-electron chi connectivity index (χ3n) is 5.15. The lowest BCUT2D eigenvalue weighted by Crippen LogP contribution is -2.10. The lowest BCUT2D eigenvalue weighted by molar-refractivity contribution is -0.137. The van der Waals surface area contributed by atoms with Gasteiger partial charge in [-0.25, -0.2) is 9.59 Å². The van der Waals surface area contributed by atoms with E-state index in [9.17, 15) is 22.8 Å². The quantitative estimate of drug-likeness (QED) is 0.0842. The van der Waals surface area contributed by atoms with Crippen molar-refractivity contribution in [1.29, 1.82) is 0 Å². The fourth-order valence-electron chi connectivity index (χ4n) is 3.42. The number of nitrogen functional groups attached to an aromatic ring is 2. The number of nitrogens with two attached hydrogens (primary N) is 2. The molecule has 0 aromatic heterocycles. The molecule has 3 aromatic carbocycles. The molecule has 38 heavy (non-hydrogen) atoms. The molecule has 0 saturated heterocycles.